The van der Waals surface area contributed by atoms with Crippen molar-refractivity contribution in [2.24, 2.45) is 0 Å². The number of benzene rings is 1. The third kappa shape index (κ3) is 4.17. The van der Waals surface area contributed by atoms with E-state index in [1.165, 1.54) is 0 Å². The summed E-state index contributed by atoms with van der Waals surface area (Å²) in [7, 11) is 1.62. The van der Waals surface area contributed by atoms with Crippen LogP contribution < -0.4 is 15.4 Å². The highest BCUT2D eigenvalue weighted by Gasteiger charge is 2.10. The van der Waals surface area contributed by atoms with Crippen LogP contribution in [-0.2, 0) is 6.54 Å². The van der Waals surface area contributed by atoms with Crippen LogP contribution in [0.1, 0.15) is 21.8 Å². The minimum absolute atomic E-state index is 0.267. The average molecular weight is 337 g/mol. The monoisotopic (exact) mass is 337 g/mol. The van der Waals surface area contributed by atoms with Gasteiger partial charge in [-0.2, -0.15) is 0 Å². The van der Waals surface area contributed by atoms with Crippen LogP contribution in [0.4, 0.5) is 11.4 Å². The van der Waals surface area contributed by atoms with Gasteiger partial charge in [0.15, 0.2) is 0 Å². The summed E-state index contributed by atoms with van der Waals surface area (Å²) >= 11 is 0. The Kier molecular flexibility index (Phi) is 4.99. The molecule has 3 aromatic rings. The van der Waals surface area contributed by atoms with E-state index in [0.717, 1.165) is 22.7 Å². The lowest BCUT2D eigenvalue weighted by Crippen LogP contribution is -2.23. The topological polar surface area (TPSA) is 76.4 Å². The van der Waals surface area contributed by atoms with E-state index < -0.39 is 0 Å². The van der Waals surface area contributed by atoms with Gasteiger partial charge in [-0.25, -0.2) is 0 Å². The Bertz CT molecular complexity index is 860. The van der Waals surface area contributed by atoms with Gasteiger partial charge in [0.05, 0.1) is 25.6 Å². The molecular formula is C19H19N3O3. The van der Waals surface area contributed by atoms with Gasteiger partial charge in [0.2, 0.25) is 0 Å². The number of furan rings is 1. The number of pyridine rings is 1. The van der Waals surface area contributed by atoms with Crippen LogP contribution >= 0.6 is 0 Å². The number of aryl methyl sites for hydroxylation is 1. The van der Waals surface area contributed by atoms with Gasteiger partial charge in [-0.15, -0.1) is 0 Å². The van der Waals surface area contributed by atoms with Crippen LogP contribution in [0.5, 0.6) is 5.75 Å². The van der Waals surface area contributed by atoms with Crippen molar-refractivity contribution in [1.29, 1.82) is 0 Å². The van der Waals surface area contributed by atoms with E-state index in [0.29, 0.717) is 18.0 Å². The third-order valence-corrected chi connectivity index (χ3v) is 3.63. The van der Waals surface area contributed by atoms with Crippen molar-refractivity contribution in [2.75, 3.05) is 12.4 Å². The summed E-state index contributed by atoms with van der Waals surface area (Å²) in [5.41, 5.74) is 3.01. The van der Waals surface area contributed by atoms with Crippen LogP contribution in [0.2, 0.25) is 0 Å². The molecule has 0 aliphatic carbocycles. The predicted octanol–water partition coefficient (Wildman–Crippen LogP) is 3.67. The smallest absolute Gasteiger partial charge is 0.270 e. The second-order valence-electron chi connectivity index (χ2n) is 5.52. The number of amides is 1. The first-order valence-corrected chi connectivity index (χ1v) is 7.84. The number of nitrogens with one attached hydrogen (secondary N) is 2. The van der Waals surface area contributed by atoms with Crippen LogP contribution in [-0.4, -0.2) is 18.0 Å². The highest BCUT2D eigenvalue weighted by atomic mass is 16.5. The van der Waals surface area contributed by atoms with Gasteiger partial charge >= 0.3 is 0 Å². The fraction of sp³-hybridized carbons (Fsp3) is 0.158. The summed E-state index contributed by atoms with van der Waals surface area (Å²) in [6.07, 6.45) is 3.16. The highest BCUT2D eigenvalue weighted by Crippen LogP contribution is 2.28. The first kappa shape index (κ1) is 16.6. The van der Waals surface area contributed by atoms with Crippen molar-refractivity contribution in [3.63, 3.8) is 0 Å². The van der Waals surface area contributed by atoms with Crippen molar-refractivity contribution in [3.05, 3.63) is 71.9 Å². The molecule has 0 atom stereocenters. The first-order valence-electron chi connectivity index (χ1n) is 7.84. The summed E-state index contributed by atoms with van der Waals surface area (Å²) in [4.78, 5) is 16.4. The molecule has 3 rings (SSSR count). The van der Waals surface area contributed by atoms with Gasteiger partial charge in [0, 0.05) is 11.9 Å². The molecule has 2 aromatic heterocycles. The van der Waals surface area contributed by atoms with Crippen molar-refractivity contribution >= 4 is 17.3 Å². The number of hydrogen-bond donors (Lipinski definition) is 2. The Hall–Kier alpha value is -3.28. The van der Waals surface area contributed by atoms with Crippen molar-refractivity contribution in [2.45, 2.75) is 13.5 Å². The van der Waals surface area contributed by atoms with Crippen molar-refractivity contribution in [1.82, 2.24) is 10.3 Å². The minimum atomic E-state index is -0.267. The molecule has 0 saturated heterocycles. The Morgan fingerprint density at radius 2 is 2.12 bits per heavy atom. The molecule has 6 heteroatoms. The lowest BCUT2D eigenvalue weighted by atomic mass is 10.2. The van der Waals surface area contributed by atoms with Gasteiger partial charge in [-0.05, 0) is 48.9 Å². The molecule has 1 aromatic carbocycles. The van der Waals surface area contributed by atoms with Gasteiger partial charge in [0.25, 0.3) is 5.91 Å². The van der Waals surface area contributed by atoms with Gasteiger partial charge in [-0.1, -0.05) is 6.07 Å². The molecule has 6 nitrogen and oxygen atoms in total. The standard InChI is InChI=1S/C19H19N3O3/c1-13-5-6-18(24-2)16(10-13)22-14-7-8-20-17(11-14)19(23)21-12-15-4-3-9-25-15/h3-11H,12H2,1-2H3,(H,20,22)(H,21,23). The normalized spacial score (nSPS) is 10.3. The number of carbonyl (C=O) groups excluding carboxylic acids is 1. The summed E-state index contributed by atoms with van der Waals surface area (Å²) < 4.78 is 10.6. The number of anilines is 2. The van der Waals surface area contributed by atoms with E-state index in [2.05, 4.69) is 15.6 Å². The molecular weight excluding hydrogens is 318 g/mol. The second kappa shape index (κ2) is 7.53. The maximum Gasteiger partial charge on any atom is 0.270 e. The van der Waals surface area contributed by atoms with E-state index >= 15 is 0 Å². The molecule has 0 radical (unpaired) electrons. The maximum absolute atomic E-state index is 12.3. The lowest BCUT2D eigenvalue weighted by molar-refractivity contribution is 0.0943. The zero-order valence-electron chi connectivity index (χ0n) is 14.1. The van der Waals surface area contributed by atoms with E-state index in [9.17, 15) is 4.79 Å². The van der Waals surface area contributed by atoms with Crippen LogP contribution in [0, 0.1) is 6.92 Å². The summed E-state index contributed by atoms with van der Waals surface area (Å²) in [5.74, 6) is 1.15. The van der Waals surface area contributed by atoms with Gasteiger partial charge in [-0.3, -0.25) is 9.78 Å². The van der Waals surface area contributed by atoms with Crippen molar-refractivity contribution in [3.8, 4) is 5.75 Å². The molecule has 2 N–H and O–H groups in total. The lowest BCUT2D eigenvalue weighted by Gasteiger charge is -2.12. The fourth-order valence-electron chi connectivity index (χ4n) is 2.38. The van der Waals surface area contributed by atoms with Crippen LogP contribution in [0.3, 0.4) is 0 Å². The first-order chi connectivity index (χ1) is 12.2. The number of hydrogen-bond acceptors (Lipinski definition) is 5. The maximum atomic E-state index is 12.3. The molecule has 0 bridgehead atoms. The van der Waals surface area contributed by atoms with Gasteiger partial charge in [0.1, 0.15) is 17.2 Å². The Labute approximate surface area is 145 Å². The predicted molar refractivity (Wildman–Crippen MR) is 95.1 cm³/mol. The molecule has 2 heterocycles. The van der Waals surface area contributed by atoms with E-state index in [4.69, 9.17) is 9.15 Å². The fourth-order valence-corrected chi connectivity index (χ4v) is 2.38. The number of aromatic nitrogens is 1. The molecule has 0 fully saturated rings. The Morgan fingerprint density at radius 1 is 1.24 bits per heavy atom. The van der Waals surface area contributed by atoms with E-state index in [-0.39, 0.29) is 5.91 Å². The summed E-state index contributed by atoms with van der Waals surface area (Å²) in [5, 5.41) is 6.04. The molecule has 0 spiro atoms. The Morgan fingerprint density at radius 3 is 2.88 bits per heavy atom. The quantitative estimate of drug-likeness (QED) is 0.718. The largest absolute Gasteiger partial charge is 0.495 e. The molecule has 0 aliphatic rings. The van der Waals surface area contributed by atoms with Crippen LogP contribution in [0.25, 0.3) is 0 Å². The molecule has 0 aliphatic heterocycles. The molecule has 0 unspecified atom stereocenters. The minimum Gasteiger partial charge on any atom is -0.495 e. The molecule has 1 amide bonds. The second-order valence-corrected chi connectivity index (χ2v) is 5.52. The molecule has 25 heavy (non-hydrogen) atoms. The summed E-state index contributed by atoms with van der Waals surface area (Å²) in [6.45, 7) is 2.32. The number of ether oxygens (including phenoxy) is 1. The van der Waals surface area contributed by atoms with Gasteiger partial charge < -0.3 is 19.8 Å². The van der Waals surface area contributed by atoms with Crippen molar-refractivity contribution < 1.29 is 13.9 Å². The number of carbonyl (C=O) groups is 1. The third-order valence-electron chi connectivity index (χ3n) is 3.63. The zero-order valence-corrected chi connectivity index (χ0v) is 14.1. The van der Waals surface area contributed by atoms with Crippen LogP contribution in [0.15, 0.2) is 59.3 Å². The van der Waals surface area contributed by atoms with E-state index in [1.54, 1.807) is 43.8 Å². The van der Waals surface area contributed by atoms with E-state index in [1.807, 2.05) is 25.1 Å². The number of methoxy groups -OCH3 is 1. The Balaban J connectivity index is 1.73. The SMILES string of the molecule is COc1ccc(C)cc1Nc1ccnc(C(=O)NCc2ccco2)c1. The number of rotatable bonds is 6. The molecule has 128 valence electrons. The number of nitrogens with zero attached hydrogens (tertiary/aromatic N) is 1. The highest BCUT2D eigenvalue weighted by molar-refractivity contribution is 5.93. The zero-order chi connectivity index (χ0) is 17.6. The summed E-state index contributed by atoms with van der Waals surface area (Å²) in [6, 6.07) is 12.9. The average Bonchev–Trinajstić information content (AvgIpc) is 3.14. The molecule has 0 saturated carbocycles.